The van der Waals surface area contributed by atoms with Crippen LogP contribution in [0.25, 0.3) is 0 Å². The molecular formula is C15H26N2O. The van der Waals surface area contributed by atoms with Crippen LogP contribution in [0.3, 0.4) is 0 Å². The predicted molar refractivity (Wildman–Crippen MR) is 74.7 cm³/mol. The van der Waals surface area contributed by atoms with Gasteiger partial charge in [-0.15, -0.1) is 6.42 Å². The van der Waals surface area contributed by atoms with E-state index < -0.39 is 0 Å². The van der Waals surface area contributed by atoms with E-state index in [1.165, 1.54) is 0 Å². The molecule has 0 aliphatic heterocycles. The normalized spacial score (nSPS) is 32.3. The van der Waals surface area contributed by atoms with Crippen LogP contribution in [0.1, 0.15) is 47.0 Å². The van der Waals surface area contributed by atoms with Gasteiger partial charge in [0.15, 0.2) is 0 Å². The molecule has 1 rings (SSSR count). The zero-order valence-electron chi connectivity index (χ0n) is 12.0. The van der Waals surface area contributed by atoms with Crippen molar-refractivity contribution >= 4 is 5.91 Å². The fraction of sp³-hybridized carbons (Fsp3) is 0.800. The molecule has 1 saturated carbocycles. The van der Waals surface area contributed by atoms with Crippen molar-refractivity contribution < 1.29 is 4.79 Å². The molecule has 0 aromatic carbocycles. The van der Waals surface area contributed by atoms with E-state index >= 15 is 0 Å². The standard InChI is InChI=1S/C15H26N2O/c1-6-11(7-2)17-14(18)12-8-9-13(16)10(3)15(12,4)5/h1,10-13H,7-9,16H2,2-5H3,(H,17,18). The summed E-state index contributed by atoms with van der Waals surface area (Å²) in [6.07, 6.45) is 7.93. The number of nitrogens with two attached hydrogens (primary N) is 1. The smallest absolute Gasteiger partial charge is 0.224 e. The maximum Gasteiger partial charge on any atom is 0.224 e. The molecule has 0 saturated heterocycles. The monoisotopic (exact) mass is 250 g/mol. The van der Waals surface area contributed by atoms with Gasteiger partial charge in [-0.3, -0.25) is 4.79 Å². The lowest BCUT2D eigenvalue weighted by Crippen LogP contribution is -2.52. The maximum absolute atomic E-state index is 12.3. The number of nitrogens with one attached hydrogen (secondary N) is 1. The minimum Gasteiger partial charge on any atom is -0.342 e. The third-order valence-electron chi connectivity index (χ3n) is 4.74. The number of hydrogen-bond donors (Lipinski definition) is 2. The summed E-state index contributed by atoms with van der Waals surface area (Å²) < 4.78 is 0. The molecule has 1 aliphatic rings. The summed E-state index contributed by atoms with van der Waals surface area (Å²) in [5, 5.41) is 2.96. The molecule has 1 amide bonds. The highest BCUT2D eigenvalue weighted by atomic mass is 16.2. The van der Waals surface area contributed by atoms with Gasteiger partial charge in [0.05, 0.1) is 6.04 Å². The first-order chi connectivity index (χ1) is 8.34. The van der Waals surface area contributed by atoms with Crippen LogP contribution >= 0.6 is 0 Å². The molecule has 1 aliphatic carbocycles. The highest BCUT2D eigenvalue weighted by Crippen LogP contribution is 2.44. The number of carbonyl (C=O) groups excluding carboxylic acids is 1. The average Bonchev–Trinajstić information content (AvgIpc) is 2.32. The van der Waals surface area contributed by atoms with Crippen LogP contribution in [0.5, 0.6) is 0 Å². The molecule has 0 bridgehead atoms. The van der Waals surface area contributed by atoms with Gasteiger partial charge in [0, 0.05) is 12.0 Å². The summed E-state index contributed by atoms with van der Waals surface area (Å²) in [5.74, 6) is 3.05. The topological polar surface area (TPSA) is 55.1 Å². The Kier molecular flexibility index (Phi) is 4.81. The second kappa shape index (κ2) is 5.75. The first kappa shape index (κ1) is 15.0. The van der Waals surface area contributed by atoms with E-state index in [-0.39, 0.29) is 29.3 Å². The summed E-state index contributed by atoms with van der Waals surface area (Å²) in [4.78, 5) is 12.3. The van der Waals surface area contributed by atoms with E-state index in [2.05, 4.69) is 32.0 Å². The minimum atomic E-state index is -0.154. The van der Waals surface area contributed by atoms with E-state index in [0.717, 1.165) is 19.3 Å². The van der Waals surface area contributed by atoms with Gasteiger partial charge in [0.1, 0.15) is 0 Å². The quantitative estimate of drug-likeness (QED) is 0.752. The Morgan fingerprint density at radius 3 is 2.67 bits per heavy atom. The third-order valence-corrected chi connectivity index (χ3v) is 4.74. The second-order valence-corrected chi connectivity index (χ2v) is 6.04. The molecule has 0 heterocycles. The van der Waals surface area contributed by atoms with E-state index in [9.17, 15) is 4.79 Å². The third kappa shape index (κ3) is 2.87. The lowest BCUT2D eigenvalue weighted by molar-refractivity contribution is -0.132. The van der Waals surface area contributed by atoms with Crippen molar-refractivity contribution in [2.24, 2.45) is 23.0 Å². The van der Waals surface area contributed by atoms with Gasteiger partial charge < -0.3 is 11.1 Å². The van der Waals surface area contributed by atoms with Crippen molar-refractivity contribution in [3.05, 3.63) is 0 Å². The molecule has 0 spiro atoms. The molecule has 18 heavy (non-hydrogen) atoms. The van der Waals surface area contributed by atoms with Crippen LogP contribution < -0.4 is 11.1 Å². The van der Waals surface area contributed by atoms with Gasteiger partial charge in [0.25, 0.3) is 0 Å². The van der Waals surface area contributed by atoms with Crippen LogP contribution in [0, 0.1) is 29.6 Å². The Morgan fingerprint density at radius 1 is 1.56 bits per heavy atom. The molecular weight excluding hydrogens is 224 g/mol. The molecule has 0 aromatic heterocycles. The number of amides is 1. The lowest BCUT2D eigenvalue weighted by atomic mass is 9.61. The van der Waals surface area contributed by atoms with Gasteiger partial charge in [-0.2, -0.15) is 0 Å². The summed E-state index contributed by atoms with van der Waals surface area (Å²) >= 11 is 0. The zero-order valence-corrected chi connectivity index (χ0v) is 12.0. The summed E-state index contributed by atoms with van der Waals surface area (Å²) in [6.45, 7) is 8.40. The summed E-state index contributed by atoms with van der Waals surface area (Å²) in [7, 11) is 0. The van der Waals surface area contributed by atoms with Crippen LogP contribution in [-0.2, 0) is 4.79 Å². The Hall–Kier alpha value is -1.01. The molecule has 0 aromatic rings. The van der Waals surface area contributed by atoms with E-state index in [0.29, 0.717) is 5.92 Å². The van der Waals surface area contributed by atoms with Crippen molar-refractivity contribution in [1.29, 1.82) is 0 Å². The first-order valence-electron chi connectivity index (χ1n) is 6.86. The molecule has 3 N–H and O–H groups in total. The number of rotatable bonds is 3. The highest BCUT2D eigenvalue weighted by molar-refractivity contribution is 5.80. The average molecular weight is 250 g/mol. The van der Waals surface area contributed by atoms with Gasteiger partial charge in [-0.25, -0.2) is 0 Å². The predicted octanol–water partition coefficient (Wildman–Crippen LogP) is 1.91. The van der Waals surface area contributed by atoms with Crippen LogP contribution in [0.2, 0.25) is 0 Å². The van der Waals surface area contributed by atoms with Gasteiger partial charge in [-0.1, -0.05) is 33.6 Å². The van der Waals surface area contributed by atoms with Gasteiger partial charge in [-0.05, 0) is 30.6 Å². The lowest BCUT2D eigenvalue weighted by Gasteiger charge is -2.46. The minimum absolute atomic E-state index is 0.00898. The Balaban J connectivity index is 2.77. The SMILES string of the molecule is C#CC(CC)NC(=O)C1CCC(N)C(C)C1(C)C. The molecule has 1 fully saturated rings. The fourth-order valence-electron chi connectivity index (χ4n) is 2.85. The number of hydrogen-bond acceptors (Lipinski definition) is 2. The number of terminal acetylenes is 1. The van der Waals surface area contributed by atoms with Crippen molar-refractivity contribution in [2.45, 2.75) is 59.0 Å². The molecule has 4 unspecified atom stereocenters. The van der Waals surface area contributed by atoms with Crippen LogP contribution in [0.15, 0.2) is 0 Å². The summed E-state index contributed by atoms with van der Waals surface area (Å²) in [5.41, 5.74) is 6.03. The second-order valence-electron chi connectivity index (χ2n) is 6.04. The molecule has 0 radical (unpaired) electrons. The largest absolute Gasteiger partial charge is 0.342 e. The maximum atomic E-state index is 12.3. The van der Waals surface area contributed by atoms with E-state index in [1.807, 2.05) is 6.92 Å². The van der Waals surface area contributed by atoms with Crippen molar-refractivity contribution in [1.82, 2.24) is 5.32 Å². The molecule has 4 atom stereocenters. The van der Waals surface area contributed by atoms with E-state index in [4.69, 9.17) is 12.2 Å². The molecule has 3 heteroatoms. The van der Waals surface area contributed by atoms with E-state index in [1.54, 1.807) is 0 Å². The summed E-state index contributed by atoms with van der Waals surface area (Å²) in [6, 6.07) is 0.0397. The number of carbonyl (C=O) groups is 1. The van der Waals surface area contributed by atoms with Crippen LogP contribution in [-0.4, -0.2) is 18.0 Å². The van der Waals surface area contributed by atoms with Crippen LogP contribution in [0.4, 0.5) is 0 Å². The van der Waals surface area contributed by atoms with Gasteiger partial charge >= 0.3 is 0 Å². The van der Waals surface area contributed by atoms with Crippen molar-refractivity contribution in [3.63, 3.8) is 0 Å². The van der Waals surface area contributed by atoms with Gasteiger partial charge in [0.2, 0.25) is 5.91 Å². The van der Waals surface area contributed by atoms with Crippen molar-refractivity contribution in [3.8, 4) is 12.3 Å². The molecule has 102 valence electrons. The Bertz CT molecular complexity index is 343. The zero-order chi connectivity index (χ0) is 13.9. The van der Waals surface area contributed by atoms with Crippen molar-refractivity contribution in [2.75, 3.05) is 0 Å². The fourth-order valence-corrected chi connectivity index (χ4v) is 2.85. The first-order valence-corrected chi connectivity index (χ1v) is 6.86. The Morgan fingerprint density at radius 2 is 2.17 bits per heavy atom. The Labute approximate surface area is 111 Å². The molecule has 3 nitrogen and oxygen atoms in total. The highest BCUT2D eigenvalue weighted by Gasteiger charge is 2.45.